The Labute approximate surface area is 110 Å². The second kappa shape index (κ2) is 4.58. The van der Waals surface area contributed by atoms with Gasteiger partial charge in [0.1, 0.15) is 12.0 Å². The van der Waals surface area contributed by atoms with Gasteiger partial charge < -0.3 is 9.09 Å². The van der Waals surface area contributed by atoms with Crippen LogP contribution in [0.15, 0.2) is 35.1 Å². The van der Waals surface area contributed by atoms with Crippen LogP contribution < -0.4 is 0 Å². The molecule has 0 bridgehead atoms. The number of aryl methyl sites for hydroxylation is 1. The summed E-state index contributed by atoms with van der Waals surface area (Å²) in [6, 6.07) is 9.46. The molecule has 0 fully saturated rings. The van der Waals surface area contributed by atoms with E-state index in [1.165, 1.54) is 6.26 Å². The first-order valence-corrected chi connectivity index (χ1v) is 6.14. The normalized spacial score (nSPS) is 10.7. The zero-order chi connectivity index (χ0) is 13.2. The van der Waals surface area contributed by atoms with Gasteiger partial charge in [0.15, 0.2) is 5.82 Å². The Morgan fingerprint density at radius 3 is 2.95 bits per heavy atom. The Kier molecular flexibility index (Phi) is 2.76. The van der Waals surface area contributed by atoms with Crippen LogP contribution in [0.3, 0.4) is 0 Å². The maximum atomic E-state index is 8.95. The summed E-state index contributed by atoms with van der Waals surface area (Å²) >= 11 is 0. The van der Waals surface area contributed by atoms with Crippen LogP contribution in [0.4, 0.5) is 0 Å². The van der Waals surface area contributed by atoms with Crippen molar-refractivity contribution >= 4 is 11.0 Å². The minimum atomic E-state index is 0.611. The predicted octanol–water partition coefficient (Wildman–Crippen LogP) is 2.97. The Morgan fingerprint density at radius 1 is 1.37 bits per heavy atom. The number of hydrogen-bond donors (Lipinski definition) is 0. The minimum Gasteiger partial charge on any atom is -0.364 e. The van der Waals surface area contributed by atoms with E-state index < -0.39 is 0 Å². The van der Waals surface area contributed by atoms with Gasteiger partial charge in [-0.3, -0.25) is 0 Å². The molecule has 0 amide bonds. The molecular weight excluding hydrogens is 240 g/mol. The van der Waals surface area contributed by atoms with Crippen molar-refractivity contribution in [3.8, 4) is 17.6 Å². The molecule has 3 rings (SSSR count). The molecule has 0 atom stereocenters. The summed E-state index contributed by atoms with van der Waals surface area (Å²) in [5.41, 5.74) is 3.15. The van der Waals surface area contributed by atoms with Gasteiger partial charge in [0, 0.05) is 12.6 Å². The number of fused-ring (bicyclic) bond motifs is 1. The number of rotatable bonds is 3. The Morgan fingerprint density at radius 2 is 2.26 bits per heavy atom. The molecule has 0 saturated heterocycles. The van der Waals surface area contributed by atoms with Crippen LogP contribution in [0.1, 0.15) is 18.9 Å². The summed E-state index contributed by atoms with van der Waals surface area (Å²) < 4.78 is 6.99. The standard InChI is InChI=1S/C14H12N4O/c1-2-6-18-13-4-3-10(9-15)8-12(13)16-14(18)11-5-7-19-17-11/h3-5,7-8H,2,6H2,1H3. The summed E-state index contributed by atoms with van der Waals surface area (Å²) in [4.78, 5) is 4.57. The highest BCUT2D eigenvalue weighted by Gasteiger charge is 2.14. The van der Waals surface area contributed by atoms with Crippen LogP contribution in [0, 0.1) is 11.3 Å². The molecule has 19 heavy (non-hydrogen) atoms. The first-order valence-electron chi connectivity index (χ1n) is 6.14. The summed E-state index contributed by atoms with van der Waals surface area (Å²) in [7, 11) is 0. The molecular formula is C14H12N4O. The molecule has 0 radical (unpaired) electrons. The monoisotopic (exact) mass is 252 g/mol. The molecule has 5 nitrogen and oxygen atoms in total. The van der Waals surface area contributed by atoms with Crippen molar-refractivity contribution in [2.24, 2.45) is 0 Å². The first kappa shape index (κ1) is 11.5. The molecule has 94 valence electrons. The molecule has 0 unspecified atom stereocenters. The van der Waals surface area contributed by atoms with E-state index in [0.29, 0.717) is 11.3 Å². The van der Waals surface area contributed by atoms with Gasteiger partial charge in [0.05, 0.1) is 22.7 Å². The van der Waals surface area contributed by atoms with E-state index in [2.05, 4.69) is 27.7 Å². The minimum absolute atomic E-state index is 0.611. The smallest absolute Gasteiger partial charge is 0.163 e. The Balaban J connectivity index is 2.26. The Bertz CT molecular complexity index is 750. The highest BCUT2D eigenvalue weighted by Crippen LogP contribution is 2.24. The van der Waals surface area contributed by atoms with Crippen molar-refractivity contribution in [2.75, 3.05) is 0 Å². The van der Waals surface area contributed by atoms with Gasteiger partial charge in [-0.2, -0.15) is 5.26 Å². The number of nitriles is 1. The average molecular weight is 252 g/mol. The van der Waals surface area contributed by atoms with E-state index in [9.17, 15) is 0 Å². The van der Waals surface area contributed by atoms with E-state index in [1.54, 1.807) is 12.1 Å². The van der Waals surface area contributed by atoms with Gasteiger partial charge in [-0.1, -0.05) is 12.1 Å². The quantitative estimate of drug-likeness (QED) is 0.718. The molecule has 0 spiro atoms. The van der Waals surface area contributed by atoms with Crippen LogP contribution in [-0.2, 0) is 6.54 Å². The van der Waals surface area contributed by atoms with Gasteiger partial charge in [-0.05, 0) is 24.6 Å². The number of nitrogens with zero attached hydrogens (tertiary/aromatic N) is 4. The fraction of sp³-hybridized carbons (Fsp3) is 0.214. The summed E-state index contributed by atoms with van der Waals surface area (Å²) in [5.74, 6) is 0.778. The summed E-state index contributed by atoms with van der Waals surface area (Å²) in [6.07, 6.45) is 2.53. The first-order chi connectivity index (χ1) is 9.33. The topological polar surface area (TPSA) is 67.6 Å². The zero-order valence-electron chi connectivity index (χ0n) is 10.5. The van der Waals surface area contributed by atoms with E-state index in [4.69, 9.17) is 9.78 Å². The third kappa shape index (κ3) is 1.87. The van der Waals surface area contributed by atoms with E-state index >= 15 is 0 Å². The van der Waals surface area contributed by atoms with E-state index in [1.807, 2.05) is 12.1 Å². The number of hydrogen-bond acceptors (Lipinski definition) is 4. The van der Waals surface area contributed by atoms with Gasteiger partial charge >= 0.3 is 0 Å². The lowest BCUT2D eigenvalue weighted by atomic mass is 10.2. The van der Waals surface area contributed by atoms with Crippen LogP contribution in [0.5, 0.6) is 0 Å². The maximum absolute atomic E-state index is 8.95. The number of aromatic nitrogens is 3. The second-order valence-electron chi connectivity index (χ2n) is 4.29. The fourth-order valence-electron chi connectivity index (χ4n) is 2.17. The Hall–Kier alpha value is -2.61. The van der Waals surface area contributed by atoms with Crippen molar-refractivity contribution in [3.05, 3.63) is 36.1 Å². The average Bonchev–Trinajstić information content (AvgIpc) is 3.06. The maximum Gasteiger partial charge on any atom is 0.163 e. The molecule has 0 aliphatic heterocycles. The lowest BCUT2D eigenvalue weighted by Gasteiger charge is -2.05. The van der Waals surface area contributed by atoms with Crippen LogP contribution >= 0.6 is 0 Å². The van der Waals surface area contributed by atoms with Crippen molar-refractivity contribution < 1.29 is 4.52 Å². The molecule has 0 saturated carbocycles. The van der Waals surface area contributed by atoms with Crippen molar-refractivity contribution in [1.29, 1.82) is 5.26 Å². The lowest BCUT2D eigenvalue weighted by molar-refractivity contribution is 0.421. The molecule has 0 N–H and O–H groups in total. The molecule has 5 heteroatoms. The van der Waals surface area contributed by atoms with Crippen LogP contribution in [0.2, 0.25) is 0 Å². The molecule has 2 heterocycles. The van der Waals surface area contributed by atoms with E-state index in [0.717, 1.165) is 29.8 Å². The van der Waals surface area contributed by atoms with Crippen molar-refractivity contribution in [2.45, 2.75) is 19.9 Å². The molecule has 0 aliphatic rings. The number of imidazole rings is 1. The summed E-state index contributed by atoms with van der Waals surface area (Å²) in [5, 5.41) is 12.9. The third-order valence-corrected chi connectivity index (χ3v) is 2.99. The third-order valence-electron chi connectivity index (χ3n) is 2.99. The second-order valence-corrected chi connectivity index (χ2v) is 4.29. The van der Waals surface area contributed by atoms with Gasteiger partial charge in [0.2, 0.25) is 0 Å². The lowest BCUT2D eigenvalue weighted by Crippen LogP contribution is -1.99. The SMILES string of the molecule is CCCn1c(-c2ccon2)nc2cc(C#N)ccc21. The molecule has 2 aromatic heterocycles. The number of benzene rings is 1. The molecule has 3 aromatic rings. The highest BCUT2D eigenvalue weighted by atomic mass is 16.5. The zero-order valence-corrected chi connectivity index (χ0v) is 10.5. The highest BCUT2D eigenvalue weighted by molar-refractivity contribution is 5.81. The summed E-state index contributed by atoms with van der Waals surface area (Å²) in [6.45, 7) is 2.96. The fourth-order valence-corrected chi connectivity index (χ4v) is 2.17. The van der Waals surface area contributed by atoms with Gasteiger partial charge in [0.25, 0.3) is 0 Å². The van der Waals surface area contributed by atoms with Crippen molar-refractivity contribution in [1.82, 2.24) is 14.7 Å². The van der Waals surface area contributed by atoms with Gasteiger partial charge in [-0.15, -0.1) is 0 Å². The van der Waals surface area contributed by atoms with Crippen molar-refractivity contribution in [3.63, 3.8) is 0 Å². The van der Waals surface area contributed by atoms with Gasteiger partial charge in [-0.25, -0.2) is 4.98 Å². The van der Waals surface area contributed by atoms with Crippen LogP contribution in [0.25, 0.3) is 22.6 Å². The largest absolute Gasteiger partial charge is 0.364 e. The van der Waals surface area contributed by atoms with Crippen LogP contribution in [-0.4, -0.2) is 14.7 Å². The predicted molar refractivity (Wildman–Crippen MR) is 70.2 cm³/mol. The molecule has 1 aromatic carbocycles. The van der Waals surface area contributed by atoms with E-state index in [-0.39, 0.29) is 0 Å². The molecule has 0 aliphatic carbocycles.